The number of rotatable bonds is 6. The number of benzene rings is 1. The molecule has 0 aliphatic heterocycles. The van der Waals surface area contributed by atoms with Gasteiger partial charge in [0.2, 0.25) is 11.8 Å². The summed E-state index contributed by atoms with van der Waals surface area (Å²) in [6.07, 6.45) is 3.35. The van der Waals surface area contributed by atoms with E-state index >= 15 is 0 Å². The SMILES string of the molecule is CNC(C(=O)N(C)CC(=O)Nc1c(Cl)cccc1Cl)c1cnn(C)c1. The fraction of sp³-hybridized carbons (Fsp3) is 0.312. The Hall–Kier alpha value is -2.09. The molecule has 0 saturated carbocycles. The fourth-order valence-corrected chi connectivity index (χ4v) is 2.82. The van der Waals surface area contributed by atoms with Crippen molar-refractivity contribution < 1.29 is 9.59 Å². The van der Waals surface area contributed by atoms with Crippen molar-refractivity contribution in [1.29, 1.82) is 0 Å². The van der Waals surface area contributed by atoms with Crippen LogP contribution in [-0.2, 0) is 16.6 Å². The van der Waals surface area contributed by atoms with E-state index in [1.807, 2.05) is 0 Å². The van der Waals surface area contributed by atoms with Crippen molar-refractivity contribution in [2.75, 3.05) is 26.0 Å². The maximum Gasteiger partial charge on any atom is 0.244 e. The van der Waals surface area contributed by atoms with Crippen LogP contribution in [0, 0.1) is 0 Å². The van der Waals surface area contributed by atoms with Crippen molar-refractivity contribution in [2.24, 2.45) is 7.05 Å². The van der Waals surface area contributed by atoms with Crippen LogP contribution in [0.4, 0.5) is 5.69 Å². The number of halogens is 2. The molecule has 0 saturated heterocycles. The highest BCUT2D eigenvalue weighted by atomic mass is 35.5. The molecule has 1 unspecified atom stereocenters. The lowest BCUT2D eigenvalue weighted by molar-refractivity contribution is -0.135. The summed E-state index contributed by atoms with van der Waals surface area (Å²) < 4.78 is 1.61. The van der Waals surface area contributed by atoms with Gasteiger partial charge in [0.1, 0.15) is 6.04 Å². The molecule has 1 atom stereocenters. The molecule has 134 valence electrons. The van der Waals surface area contributed by atoms with Gasteiger partial charge in [0.25, 0.3) is 0 Å². The van der Waals surface area contributed by atoms with Gasteiger partial charge in [0, 0.05) is 25.9 Å². The number of para-hydroxylation sites is 1. The number of aryl methyl sites for hydroxylation is 1. The van der Waals surface area contributed by atoms with Gasteiger partial charge in [0.15, 0.2) is 0 Å². The number of hydrogen-bond donors (Lipinski definition) is 2. The van der Waals surface area contributed by atoms with Crippen LogP contribution < -0.4 is 10.6 Å². The molecule has 0 bridgehead atoms. The molecular weight excluding hydrogens is 365 g/mol. The zero-order chi connectivity index (χ0) is 18.6. The smallest absolute Gasteiger partial charge is 0.244 e. The van der Waals surface area contributed by atoms with Crippen molar-refractivity contribution in [2.45, 2.75) is 6.04 Å². The van der Waals surface area contributed by atoms with Crippen LogP contribution in [0.15, 0.2) is 30.6 Å². The number of likely N-dealkylation sites (N-methyl/N-ethyl adjacent to an activating group) is 2. The molecule has 1 aromatic carbocycles. The second-order valence-corrected chi connectivity index (χ2v) is 6.32. The minimum atomic E-state index is -0.588. The molecule has 25 heavy (non-hydrogen) atoms. The van der Waals surface area contributed by atoms with Crippen molar-refractivity contribution in [1.82, 2.24) is 20.0 Å². The van der Waals surface area contributed by atoms with Gasteiger partial charge in [-0.25, -0.2) is 0 Å². The fourth-order valence-electron chi connectivity index (χ4n) is 2.33. The Balaban J connectivity index is 2.03. The maximum absolute atomic E-state index is 12.6. The maximum atomic E-state index is 12.6. The molecule has 2 N–H and O–H groups in total. The minimum Gasteiger partial charge on any atom is -0.335 e. The Morgan fingerprint density at radius 2 is 1.96 bits per heavy atom. The summed E-state index contributed by atoms with van der Waals surface area (Å²) in [5.74, 6) is -0.650. The quantitative estimate of drug-likeness (QED) is 0.800. The predicted molar refractivity (Wildman–Crippen MR) is 97.7 cm³/mol. The highest BCUT2D eigenvalue weighted by molar-refractivity contribution is 6.39. The van der Waals surface area contributed by atoms with Gasteiger partial charge in [-0.15, -0.1) is 0 Å². The number of anilines is 1. The van der Waals surface area contributed by atoms with E-state index in [2.05, 4.69) is 15.7 Å². The van der Waals surface area contributed by atoms with E-state index < -0.39 is 11.9 Å². The van der Waals surface area contributed by atoms with Gasteiger partial charge in [-0.05, 0) is 19.2 Å². The molecule has 2 amide bonds. The van der Waals surface area contributed by atoms with Crippen LogP contribution in [0.5, 0.6) is 0 Å². The topological polar surface area (TPSA) is 79.3 Å². The Bertz CT molecular complexity index is 757. The standard InChI is InChI=1S/C16H19Cl2N5O2/c1-19-14(10-7-20-23(3)8-10)16(25)22(2)9-13(24)21-15-11(17)5-4-6-12(15)18/h4-8,14,19H,9H2,1-3H3,(H,21,24). The van der Waals surface area contributed by atoms with Gasteiger partial charge in [-0.3, -0.25) is 14.3 Å². The van der Waals surface area contributed by atoms with Crippen molar-refractivity contribution in [3.05, 3.63) is 46.2 Å². The Morgan fingerprint density at radius 3 is 2.48 bits per heavy atom. The summed E-state index contributed by atoms with van der Waals surface area (Å²) in [6, 6.07) is 4.34. The molecule has 9 heteroatoms. The first-order chi connectivity index (χ1) is 11.8. The molecule has 1 heterocycles. The van der Waals surface area contributed by atoms with Crippen LogP contribution in [0.3, 0.4) is 0 Å². The van der Waals surface area contributed by atoms with Crippen LogP contribution in [0.2, 0.25) is 10.0 Å². The monoisotopic (exact) mass is 383 g/mol. The normalized spacial score (nSPS) is 11.9. The van der Waals surface area contributed by atoms with E-state index in [1.54, 1.807) is 56.4 Å². The molecule has 0 aliphatic rings. The van der Waals surface area contributed by atoms with Crippen molar-refractivity contribution in [3.63, 3.8) is 0 Å². The van der Waals surface area contributed by atoms with Crippen LogP contribution in [-0.4, -0.2) is 47.1 Å². The van der Waals surface area contributed by atoms with Gasteiger partial charge < -0.3 is 15.5 Å². The first-order valence-electron chi connectivity index (χ1n) is 7.48. The lowest BCUT2D eigenvalue weighted by atomic mass is 10.1. The molecule has 0 spiro atoms. The Labute approximate surface area is 155 Å². The zero-order valence-electron chi connectivity index (χ0n) is 14.1. The first-order valence-corrected chi connectivity index (χ1v) is 8.23. The number of nitrogens with zero attached hydrogens (tertiary/aromatic N) is 3. The Morgan fingerprint density at radius 1 is 1.32 bits per heavy atom. The summed E-state index contributed by atoms with van der Waals surface area (Å²) in [4.78, 5) is 26.2. The van der Waals surface area contributed by atoms with E-state index in [0.29, 0.717) is 15.7 Å². The van der Waals surface area contributed by atoms with E-state index in [9.17, 15) is 9.59 Å². The molecular formula is C16H19Cl2N5O2. The number of carbonyl (C=O) groups is 2. The number of carbonyl (C=O) groups excluding carboxylic acids is 2. The minimum absolute atomic E-state index is 0.140. The summed E-state index contributed by atoms with van der Waals surface area (Å²) in [5.41, 5.74) is 1.05. The Kier molecular flexibility index (Phi) is 6.41. The number of nitrogens with one attached hydrogen (secondary N) is 2. The highest BCUT2D eigenvalue weighted by Crippen LogP contribution is 2.29. The van der Waals surface area contributed by atoms with E-state index in [0.717, 1.165) is 5.56 Å². The number of aromatic nitrogens is 2. The van der Waals surface area contributed by atoms with Crippen LogP contribution >= 0.6 is 23.2 Å². The van der Waals surface area contributed by atoms with E-state index in [4.69, 9.17) is 23.2 Å². The second kappa shape index (κ2) is 8.33. The molecule has 0 fully saturated rings. The summed E-state index contributed by atoms with van der Waals surface area (Å²) in [7, 11) is 5.00. The van der Waals surface area contributed by atoms with Gasteiger partial charge >= 0.3 is 0 Å². The molecule has 1 aromatic heterocycles. The summed E-state index contributed by atoms with van der Waals surface area (Å²) in [5, 5.41) is 10.3. The second-order valence-electron chi connectivity index (χ2n) is 5.51. The lowest BCUT2D eigenvalue weighted by Crippen LogP contribution is -2.41. The third-order valence-electron chi connectivity index (χ3n) is 3.58. The largest absolute Gasteiger partial charge is 0.335 e. The molecule has 0 aliphatic carbocycles. The van der Waals surface area contributed by atoms with Crippen molar-refractivity contribution >= 4 is 40.7 Å². The zero-order valence-corrected chi connectivity index (χ0v) is 15.6. The molecule has 7 nitrogen and oxygen atoms in total. The van der Waals surface area contributed by atoms with Crippen LogP contribution in [0.1, 0.15) is 11.6 Å². The third kappa shape index (κ3) is 4.72. The molecule has 0 radical (unpaired) electrons. The third-order valence-corrected chi connectivity index (χ3v) is 4.21. The van der Waals surface area contributed by atoms with E-state index in [1.165, 1.54) is 4.90 Å². The predicted octanol–water partition coefficient (Wildman–Crippen LogP) is 2.08. The summed E-state index contributed by atoms with van der Waals surface area (Å²) >= 11 is 12.1. The number of hydrogen-bond acceptors (Lipinski definition) is 4. The first kappa shape index (κ1) is 19.2. The van der Waals surface area contributed by atoms with Gasteiger partial charge in [-0.2, -0.15) is 5.10 Å². The summed E-state index contributed by atoms with van der Waals surface area (Å²) in [6.45, 7) is -0.140. The van der Waals surface area contributed by atoms with Crippen LogP contribution in [0.25, 0.3) is 0 Å². The lowest BCUT2D eigenvalue weighted by Gasteiger charge is -2.22. The molecule has 2 rings (SSSR count). The van der Waals surface area contributed by atoms with Gasteiger partial charge in [-0.1, -0.05) is 29.3 Å². The van der Waals surface area contributed by atoms with E-state index in [-0.39, 0.29) is 12.5 Å². The molecule has 2 aromatic rings. The highest BCUT2D eigenvalue weighted by Gasteiger charge is 2.25. The average molecular weight is 384 g/mol. The number of amides is 2. The average Bonchev–Trinajstić information content (AvgIpc) is 2.98. The van der Waals surface area contributed by atoms with Gasteiger partial charge in [0.05, 0.1) is 28.5 Å². The van der Waals surface area contributed by atoms with Crippen molar-refractivity contribution in [3.8, 4) is 0 Å².